The van der Waals surface area contributed by atoms with Crippen molar-refractivity contribution in [2.45, 2.75) is 20.3 Å². The van der Waals surface area contributed by atoms with E-state index in [4.69, 9.17) is 16.3 Å². The molecule has 1 unspecified atom stereocenters. The Morgan fingerprint density at radius 2 is 1.76 bits per heavy atom. The third-order valence-corrected chi connectivity index (χ3v) is 4.92. The molecule has 2 aromatic rings. The molecule has 0 spiro atoms. The van der Waals surface area contributed by atoms with Crippen LogP contribution in [0.2, 0.25) is 5.02 Å². The van der Waals surface area contributed by atoms with E-state index in [0.717, 1.165) is 28.2 Å². The van der Waals surface area contributed by atoms with Gasteiger partial charge in [-0.25, -0.2) is 0 Å². The van der Waals surface area contributed by atoms with Gasteiger partial charge in [-0.2, -0.15) is 0 Å². The lowest BCUT2D eigenvalue weighted by Crippen LogP contribution is -3.14. The molecule has 0 aliphatic rings. The molecule has 0 saturated heterocycles. The Morgan fingerprint density at radius 3 is 2.41 bits per heavy atom. The molecule has 156 valence electrons. The third kappa shape index (κ3) is 7.75. The second kappa shape index (κ2) is 11.4. The van der Waals surface area contributed by atoms with Gasteiger partial charge < -0.3 is 20.3 Å². The number of aryl methyl sites for hydroxylation is 1. The van der Waals surface area contributed by atoms with Crippen molar-refractivity contribution in [2.75, 3.05) is 38.6 Å². The predicted molar refractivity (Wildman–Crippen MR) is 116 cm³/mol. The average molecular weight is 419 g/mol. The molecular weight excluding hydrogens is 390 g/mol. The minimum absolute atomic E-state index is 0.0675. The van der Waals surface area contributed by atoms with Crippen molar-refractivity contribution < 1.29 is 19.2 Å². The lowest BCUT2D eigenvalue weighted by atomic mass is 10.1. The van der Waals surface area contributed by atoms with E-state index in [2.05, 4.69) is 10.6 Å². The van der Waals surface area contributed by atoms with Crippen LogP contribution in [-0.4, -0.2) is 45.1 Å². The second-order valence-corrected chi connectivity index (χ2v) is 7.35. The zero-order valence-corrected chi connectivity index (χ0v) is 17.9. The second-order valence-electron chi connectivity index (χ2n) is 6.91. The molecular formula is C22H29ClN3O3+. The highest BCUT2D eigenvalue weighted by atomic mass is 35.5. The van der Waals surface area contributed by atoms with Crippen molar-refractivity contribution in [1.29, 1.82) is 0 Å². The lowest BCUT2D eigenvalue weighted by Gasteiger charge is -2.17. The zero-order valence-electron chi connectivity index (χ0n) is 17.2. The number of ether oxygens (including phenoxy) is 1. The van der Waals surface area contributed by atoms with Gasteiger partial charge in [0.2, 0.25) is 0 Å². The number of rotatable bonds is 10. The predicted octanol–water partition coefficient (Wildman–Crippen LogP) is 1.86. The van der Waals surface area contributed by atoms with Gasteiger partial charge in [0.25, 0.3) is 11.8 Å². The number of halogens is 1. The summed E-state index contributed by atoms with van der Waals surface area (Å²) >= 11 is 5.99. The molecule has 0 bridgehead atoms. The maximum Gasteiger partial charge on any atom is 0.279 e. The summed E-state index contributed by atoms with van der Waals surface area (Å²) < 4.78 is 5.14. The van der Waals surface area contributed by atoms with Crippen LogP contribution in [0.4, 0.5) is 5.69 Å². The highest BCUT2D eigenvalue weighted by molar-refractivity contribution is 6.31. The van der Waals surface area contributed by atoms with E-state index in [0.29, 0.717) is 23.8 Å². The molecule has 3 N–H and O–H groups in total. The van der Waals surface area contributed by atoms with Crippen LogP contribution in [0.1, 0.15) is 18.1 Å². The number of quaternary nitrogens is 1. The first-order valence-corrected chi connectivity index (χ1v) is 10.1. The van der Waals surface area contributed by atoms with Crippen molar-refractivity contribution in [1.82, 2.24) is 5.32 Å². The van der Waals surface area contributed by atoms with E-state index in [1.54, 1.807) is 19.2 Å². The number of hydrogen-bond donors (Lipinski definition) is 3. The topological polar surface area (TPSA) is 71.9 Å². The van der Waals surface area contributed by atoms with E-state index >= 15 is 0 Å². The summed E-state index contributed by atoms with van der Waals surface area (Å²) in [6.45, 7) is 5.56. The maximum atomic E-state index is 12.4. The molecule has 0 radical (unpaired) electrons. The number of methoxy groups -OCH3 is 1. The molecule has 29 heavy (non-hydrogen) atoms. The van der Waals surface area contributed by atoms with Gasteiger partial charge in [0.15, 0.2) is 13.1 Å². The summed E-state index contributed by atoms with van der Waals surface area (Å²) in [6.07, 6.45) is 0.742. The van der Waals surface area contributed by atoms with Crippen LogP contribution in [0.15, 0.2) is 42.5 Å². The Hall–Kier alpha value is -2.57. The molecule has 0 fully saturated rings. The SMILES string of the molecule is CC[NH+](CC(=O)NCCc1ccc(OC)cc1)CC(=O)Nc1cc(Cl)ccc1C. The van der Waals surface area contributed by atoms with E-state index in [1.165, 1.54) is 0 Å². The number of anilines is 1. The fourth-order valence-electron chi connectivity index (χ4n) is 2.89. The Labute approximate surface area is 177 Å². The summed E-state index contributed by atoms with van der Waals surface area (Å²) in [5, 5.41) is 6.37. The molecule has 1 atom stereocenters. The molecule has 6 nitrogen and oxygen atoms in total. The minimum Gasteiger partial charge on any atom is -0.497 e. The van der Waals surface area contributed by atoms with Gasteiger partial charge in [-0.05, 0) is 55.7 Å². The van der Waals surface area contributed by atoms with E-state index in [9.17, 15) is 9.59 Å². The Bertz CT molecular complexity index is 825. The van der Waals surface area contributed by atoms with Crippen LogP contribution in [0.5, 0.6) is 5.75 Å². The molecule has 2 amide bonds. The summed E-state index contributed by atoms with van der Waals surface area (Å²) in [7, 11) is 1.63. The lowest BCUT2D eigenvalue weighted by molar-refractivity contribution is -0.881. The first kappa shape index (κ1) is 22.7. The zero-order chi connectivity index (χ0) is 21.2. The van der Waals surface area contributed by atoms with Crippen LogP contribution < -0.4 is 20.3 Å². The van der Waals surface area contributed by atoms with Crippen molar-refractivity contribution >= 4 is 29.1 Å². The summed E-state index contributed by atoms with van der Waals surface area (Å²) in [5.41, 5.74) is 2.76. The van der Waals surface area contributed by atoms with E-state index < -0.39 is 0 Å². The molecule has 0 saturated carbocycles. The number of carbonyl (C=O) groups is 2. The molecule has 0 aliphatic carbocycles. The van der Waals surface area contributed by atoms with E-state index in [1.807, 2.05) is 44.2 Å². The first-order chi connectivity index (χ1) is 13.9. The molecule has 0 heterocycles. The van der Waals surface area contributed by atoms with Crippen molar-refractivity contribution in [3.63, 3.8) is 0 Å². The molecule has 0 aliphatic heterocycles. The highest BCUT2D eigenvalue weighted by Gasteiger charge is 2.17. The monoisotopic (exact) mass is 418 g/mol. The van der Waals surface area contributed by atoms with Gasteiger partial charge in [0.05, 0.1) is 13.7 Å². The van der Waals surface area contributed by atoms with Crippen LogP contribution in [-0.2, 0) is 16.0 Å². The van der Waals surface area contributed by atoms with Crippen molar-refractivity contribution in [3.8, 4) is 5.75 Å². The maximum absolute atomic E-state index is 12.4. The quantitative estimate of drug-likeness (QED) is 0.551. The highest BCUT2D eigenvalue weighted by Crippen LogP contribution is 2.19. The number of carbonyl (C=O) groups excluding carboxylic acids is 2. The fraction of sp³-hybridized carbons (Fsp3) is 0.364. The van der Waals surface area contributed by atoms with Crippen molar-refractivity contribution in [3.05, 3.63) is 58.6 Å². The number of amides is 2. The van der Waals surface area contributed by atoms with Crippen LogP contribution in [0, 0.1) is 6.92 Å². The molecule has 7 heteroatoms. The average Bonchev–Trinajstić information content (AvgIpc) is 2.70. The van der Waals surface area contributed by atoms with Gasteiger partial charge in [-0.3, -0.25) is 9.59 Å². The van der Waals surface area contributed by atoms with Gasteiger partial charge in [-0.15, -0.1) is 0 Å². The molecule has 2 aromatic carbocycles. The fourth-order valence-corrected chi connectivity index (χ4v) is 3.06. The Morgan fingerprint density at radius 1 is 1.07 bits per heavy atom. The van der Waals surface area contributed by atoms with Crippen LogP contribution in [0.25, 0.3) is 0 Å². The number of hydrogen-bond acceptors (Lipinski definition) is 3. The normalized spacial score (nSPS) is 11.6. The van der Waals surface area contributed by atoms with Crippen molar-refractivity contribution in [2.24, 2.45) is 0 Å². The third-order valence-electron chi connectivity index (χ3n) is 4.69. The molecule has 2 rings (SSSR count). The largest absolute Gasteiger partial charge is 0.497 e. The smallest absolute Gasteiger partial charge is 0.279 e. The summed E-state index contributed by atoms with van der Waals surface area (Å²) in [6, 6.07) is 13.1. The summed E-state index contributed by atoms with van der Waals surface area (Å²) in [5.74, 6) is 0.603. The number of nitrogens with one attached hydrogen (secondary N) is 3. The number of benzene rings is 2. The standard InChI is InChI=1S/C22H28ClN3O3/c1-4-26(15-22(28)25-20-13-18(23)8-5-16(20)2)14-21(27)24-12-11-17-6-9-19(29-3)10-7-17/h5-10,13H,4,11-12,14-15H2,1-3H3,(H,24,27)(H,25,28)/p+1. The first-order valence-electron chi connectivity index (χ1n) is 9.70. The number of likely N-dealkylation sites (N-methyl/N-ethyl adjacent to an activating group) is 1. The van der Waals surface area contributed by atoms with Gasteiger partial charge in [-0.1, -0.05) is 29.8 Å². The summed E-state index contributed by atoms with van der Waals surface area (Å²) in [4.78, 5) is 25.5. The van der Waals surface area contributed by atoms with Crippen LogP contribution >= 0.6 is 11.6 Å². The van der Waals surface area contributed by atoms with Gasteiger partial charge in [0, 0.05) is 17.3 Å². The van der Waals surface area contributed by atoms with Gasteiger partial charge >= 0.3 is 0 Å². The van der Waals surface area contributed by atoms with E-state index in [-0.39, 0.29) is 24.9 Å². The van der Waals surface area contributed by atoms with Gasteiger partial charge in [0.1, 0.15) is 5.75 Å². The minimum atomic E-state index is -0.141. The molecule has 0 aromatic heterocycles. The Kier molecular flexibility index (Phi) is 8.96. The Balaban J connectivity index is 1.76. The van der Waals surface area contributed by atoms with Crippen LogP contribution in [0.3, 0.4) is 0 Å².